The van der Waals surface area contributed by atoms with E-state index in [1.165, 1.54) is 0 Å². The fourth-order valence-electron chi connectivity index (χ4n) is 0.415. The molecule has 1 aromatic rings. The molecule has 1 nitrogen and oxygen atoms in total. The molecule has 0 saturated carbocycles. The molecule has 0 spiro atoms. The van der Waals surface area contributed by atoms with Gasteiger partial charge in [0, 0.05) is 5.02 Å². The lowest BCUT2D eigenvalue weighted by atomic mass is 10.4. The summed E-state index contributed by atoms with van der Waals surface area (Å²) in [4.78, 5) is 8.00. The van der Waals surface area contributed by atoms with Crippen molar-refractivity contribution in [2.24, 2.45) is 0 Å². The van der Waals surface area contributed by atoms with Gasteiger partial charge in [0.15, 0.2) is 0 Å². The Bertz CT molecular complexity index is 160. The van der Waals surface area contributed by atoms with Gasteiger partial charge in [-0.3, -0.25) is 0 Å². The van der Waals surface area contributed by atoms with Gasteiger partial charge >= 0.3 is 0 Å². The van der Waals surface area contributed by atoms with E-state index in [0.29, 0.717) is 0 Å². The highest BCUT2D eigenvalue weighted by Gasteiger charge is 1.74. The van der Waals surface area contributed by atoms with Crippen LogP contribution in [0.5, 0.6) is 0 Å². The quantitative estimate of drug-likeness (QED) is 0.548. The fraction of sp³-hybridized carbons (Fsp3) is 0. The van der Waals surface area contributed by atoms with Crippen molar-refractivity contribution in [3.63, 3.8) is 0 Å². The maximum Gasteiger partial charge on any atom is 0.106 e. The number of halogens is 1. The molecule has 0 radical (unpaired) electrons. The van der Waals surface area contributed by atoms with Gasteiger partial charge in [-0.1, -0.05) is 29.8 Å². The average Bonchev–Trinajstić information content (AvgIpc) is 2.13. The van der Waals surface area contributed by atoms with Crippen molar-refractivity contribution < 1.29 is 4.79 Å². The van der Waals surface area contributed by atoms with Gasteiger partial charge in [0.1, 0.15) is 6.79 Å². The van der Waals surface area contributed by atoms with Crippen molar-refractivity contribution in [2.75, 3.05) is 0 Å². The molecule has 0 unspecified atom stereocenters. The van der Waals surface area contributed by atoms with Crippen molar-refractivity contribution in [1.82, 2.24) is 0 Å². The molecule has 0 aromatic heterocycles. The van der Waals surface area contributed by atoms with Crippen molar-refractivity contribution in [2.45, 2.75) is 0 Å². The lowest BCUT2D eigenvalue weighted by Gasteiger charge is -1.80. The second-order valence-electron chi connectivity index (χ2n) is 1.30. The normalized spacial score (nSPS) is 6.27. The summed E-state index contributed by atoms with van der Waals surface area (Å²) in [5.74, 6) is 0. The minimum atomic E-state index is 0.794. The van der Waals surface area contributed by atoms with Crippen molar-refractivity contribution in [3.05, 3.63) is 48.5 Å². The van der Waals surface area contributed by atoms with E-state index >= 15 is 0 Å². The van der Waals surface area contributed by atoms with Crippen LogP contribution in [0.15, 0.2) is 43.5 Å². The summed E-state index contributed by atoms with van der Waals surface area (Å²) >= 11 is 5.54. The van der Waals surface area contributed by atoms with Gasteiger partial charge in [-0.2, -0.15) is 0 Å². The highest BCUT2D eigenvalue weighted by molar-refractivity contribution is 6.30. The Morgan fingerprint density at radius 3 is 1.55 bits per heavy atom. The van der Waals surface area contributed by atoms with Gasteiger partial charge in [-0.25, -0.2) is 0 Å². The molecule has 0 fully saturated rings. The van der Waals surface area contributed by atoms with Crippen LogP contribution in [-0.4, -0.2) is 6.79 Å². The summed E-state index contributed by atoms with van der Waals surface area (Å²) < 4.78 is 0. The van der Waals surface area contributed by atoms with E-state index in [-0.39, 0.29) is 0 Å². The standard InChI is InChI=1S/C6H5Cl.C2H4.CH2O/c7-6-4-2-1-3-5-6;2*1-2/h1-5H;1-2H2;1H2. The van der Waals surface area contributed by atoms with Crippen LogP contribution in [0.2, 0.25) is 5.02 Å². The average molecular weight is 171 g/mol. The number of carbonyl (C=O) groups is 1. The van der Waals surface area contributed by atoms with E-state index in [1.807, 2.05) is 37.1 Å². The molecule has 0 bridgehead atoms. The van der Waals surface area contributed by atoms with E-state index in [9.17, 15) is 0 Å². The molecule has 0 atom stereocenters. The van der Waals surface area contributed by atoms with Gasteiger partial charge in [0.05, 0.1) is 0 Å². The Balaban J connectivity index is 0. The Kier molecular flexibility index (Phi) is 13.4. The van der Waals surface area contributed by atoms with Crippen LogP contribution < -0.4 is 0 Å². The predicted octanol–water partition coefficient (Wildman–Crippen LogP) is 2.96. The van der Waals surface area contributed by atoms with Crippen LogP contribution in [0.3, 0.4) is 0 Å². The zero-order valence-corrected chi connectivity index (χ0v) is 7.05. The largest absolute Gasteiger partial charge is 0.307 e. The van der Waals surface area contributed by atoms with E-state index < -0.39 is 0 Å². The summed E-state index contributed by atoms with van der Waals surface area (Å²) in [5, 5.41) is 0.794. The third-order valence-corrected chi connectivity index (χ3v) is 0.985. The highest BCUT2D eigenvalue weighted by atomic mass is 35.5. The van der Waals surface area contributed by atoms with Crippen LogP contribution >= 0.6 is 11.6 Å². The summed E-state index contributed by atoms with van der Waals surface area (Å²) in [7, 11) is 0. The third kappa shape index (κ3) is 8.92. The number of carbonyl (C=O) groups excluding carboxylic acids is 1. The van der Waals surface area contributed by atoms with E-state index in [2.05, 4.69) is 13.2 Å². The molecule has 60 valence electrons. The number of hydrogen-bond acceptors (Lipinski definition) is 1. The van der Waals surface area contributed by atoms with Crippen molar-refractivity contribution in [3.8, 4) is 0 Å². The first-order valence-corrected chi connectivity index (χ1v) is 3.27. The SMILES string of the molecule is C=C.C=O.Clc1ccccc1. The van der Waals surface area contributed by atoms with E-state index in [0.717, 1.165) is 5.02 Å². The first-order chi connectivity index (χ1) is 5.39. The molecule has 0 aliphatic heterocycles. The topological polar surface area (TPSA) is 17.1 Å². The monoisotopic (exact) mass is 170 g/mol. The van der Waals surface area contributed by atoms with Gasteiger partial charge in [-0.05, 0) is 12.1 Å². The molecule has 0 amide bonds. The Hall–Kier alpha value is -1.08. The molecule has 1 aromatic carbocycles. The molecule has 1 rings (SSSR count). The van der Waals surface area contributed by atoms with Crippen LogP contribution in [-0.2, 0) is 4.79 Å². The summed E-state index contributed by atoms with van der Waals surface area (Å²) in [6.07, 6.45) is 0. The van der Waals surface area contributed by atoms with Gasteiger partial charge in [-0.15, -0.1) is 13.2 Å². The van der Waals surface area contributed by atoms with Crippen LogP contribution in [0.25, 0.3) is 0 Å². The highest BCUT2D eigenvalue weighted by Crippen LogP contribution is 2.03. The van der Waals surface area contributed by atoms with Crippen LogP contribution in [0.1, 0.15) is 0 Å². The lowest BCUT2D eigenvalue weighted by Crippen LogP contribution is -1.55. The minimum Gasteiger partial charge on any atom is -0.307 e. The van der Waals surface area contributed by atoms with Gasteiger partial charge in [0.25, 0.3) is 0 Å². The second-order valence-corrected chi connectivity index (χ2v) is 1.73. The maximum absolute atomic E-state index is 8.00. The van der Waals surface area contributed by atoms with Crippen molar-refractivity contribution in [1.29, 1.82) is 0 Å². The molecule has 2 heteroatoms. The Morgan fingerprint density at radius 2 is 1.36 bits per heavy atom. The fourth-order valence-corrected chi connectivity index (χ4v) is 0.560. The number of hydrogen-bond donors (Lipinski definition) is 0. The van der Waals surface area contributed by atoms with Crippen LogP contribution in [0.4, 0.5) is 0 Å². The molecular formula is C9H11ClO. The third-order valence-electron chi connectivity index (χ3n) is 0.733. The zero-order valence-electron chi connectivity index (χ0n) is 6.29. The predicted molar refractivity (Wildman–Crippen MR) is 49.8 cm³/mol. The second kappa shape index (κ2) is 11.7. The molecule has 0 aliphatic rings. The Labute approximate surface area is 72.3 Å². The van der Waals surface area contributed by atoms with Crippen LogP contribution in [0, 0.1) is 0 Å². The molecular weight excluding hydrogens is 160 g/mol. The zero-order chi connectivity index (χ0) is 9.11. The van der Waals surface area contributed by atoms with E-state index in [1.54, 1.807) is 0 Å². The minimum absolute atomic E-state index is 0.794. The number of benzene rings is 1. The summed E-state index contributed by atoms with van der Waals surface area (Å²) in [6.45, 7) is 8.00. The van der Waals surface area contributed by atoms with Crippen molar-refractivity contribution >= 4 is 18.4 Å². The van der Waals surface area contributed by atoms with E-state index in [4.69, 9.17) is 16.4 Å². The summed E-state index contributed by atoms with van der Waals surface area (Å²) in [6, 6.07) is 9.44. The Morgan fingerprint density at radius 1 is 1.00 bits per heavy atom. The van der Waals surface area contributed by atoms with Gasteiger partial charge < -0.3 is 4.79 Å². The number of rotatable bonds is 0. The lowest BCUT2D eigenvalue weighted by molar-refractivity contribution is -0.0979. The molecule has 0 N–H and O–H groups in total. The van der Waals surface area contributed by atoms with Gasteiger partial charge in [0.2, 0.25) is 0 Å². The summed E-state index contributed by atoms with van der Waals surface area (Å²) in [5.41, 5.74) is 0. The molecule has 0 saturated heterocycles. The molecule has 11 heavy (non-hydrogen) atoms. The molecule has 0 aliphatic carbocycles. The first kappa shape index (κ1) is 12.6. The molecule has 0 heterocycles. The first-order valence-electron chi connectivity index (χ1n) is 2.89. The maximum atomic E-state index is 8.00. The smallest absolute Gasteiger partial charge is 0.106 e.